The summed E-state index contributed by atoms with van der Waals surface area (Å²) in [5.74, 6) is -0.971. The highest BCUT2D eigenvalue weighted by Crippen LogP contribution is 2.49. The van der Waals surface area contributed by atoms with Crippen molar-refractivity contribution in [1.82, 2.24) is 0 Å². The minimum absolute atomic E-state index is 0.00291. The first-order chi connectivity index (χ1) is 15.6. The summed E-state index contributed by atoms with van der Waals surface area (Å²) in [6.07, 6.45) is 0.970. The zero-order valence-electron chi connectivity index (χ0n) is 18.9. The molecule has 4 rings (SSSR count). The van der Waals surface area contributed by atoms with Crippen molar-refractivity contribution in [3.8, 4) is 5.75 Å². The number of aromatic carboxylic acids is 1. The van der Waals surface area contributed by atoms with Crippen molar-refractivity contribution in [3.05, 3.63) is 69.9 Å². The maximum absolute atomic E-state index is 13.5. The molecular formula is C26H26ClNO5. The second-order valence-electron chi connectivity index (χ2n) is 9.26. The smallest absolute Gasteiger partial charge is 0.335 e. The van der Waals surface area contributed by atoms with Crippen molar-refractivity contribution < 1.29 is 24.2 Å². The van der Waals surface area contributed by atoms with Gasteiger partial charge in [0.25, 0.3) is 0 Å². The van der Waals surface area contributed by atoms with E-state index in [1.807, 2.05) is 45.0 Å². The number of ether oxygens (including phenoxy) is 1. The molecule has 0 bridgehead atoms. The molecule has 172 valence electrons. The van der Waals surface area contributed by atoms with Gasteiger partial charge in [0, 0.05) is 30.0 Å². The Kier molecular flexibility index (Phi) is 6.06. The summed E-state index contributed by atoms with van der Waals surface area (Å²) in [5, 5.41) is 9.71. The predicted molar refractivity (Wildman–Crippen MR) is 126 cm³/mol. The Bertz CT molecular complexity index is 1170. The Morgan fingerprint density at radius 1 is 1.15 bits per heavy atom. The molecule has 1 aliphatic heterocycles. The third-order valence-corrected chi connectivity index (χ3v) is 6.49. The lowest BCUT2D eigenvalue weighted by Gasteiger charge is -2.43. The van der Waals surface area contributed by atoms with Crippen LogP contribution in [0.25, 0.3) is 0 Å². The zero-order chi connectivity index (χ0) is 23.9. The van der Waals surface area contributed by atoms with Gasteiger partial charge in [-0.05, 0) is 54.7 Å². The number of carbonyl (C=O) groups excluding carboxylic acids is 2. The number of anilines is 1. The first-order valence-electron chi connectivity index (χ1n) is 11.0. The quantitative estimate of drug-likeness (QED) is 0.618. The van der Waals surface area contributed by atoms with Crippen LogP contribution in [0.15, 0.2) is 53.7 Å². The number of benzene rings is 2. The van der Waals surface area contributed by atoms with E-state index in [4.69, 9.17) is 16.3 Å². The van der Waals surface area contributed by atoms with E-state index in [1.165, 1.54) is 23.1 Å². The van der Waals surface area contributed by atoms with Crippen molar-refractivity contribution in [2.75, 3.05) is 11.5 Å². The lowest BCUT2D eigenvalue weighted by Crippen LogP contribution is -2.43. The fraction of sp³-hybridized carbons (Fsp3) is 0.346. The maximum Gasteiger partial charge on any atom is 0.335 e. The molecule has 1 heterocycles. The van der Waals surface area contributed by atoms with Gasteiger partial charge in [-0.15, -0.1) is 0 Å². The molecule has 7 heteroatoms. The van der Waals surface area contributed by atoms with Crippen LogP contribution in [0, 0.1) is 5.41 Å². The Labute approximate surface area is 197 Å². The Balaban J connectivity index is 1.87. The first-order valence-corrected chi connectivity index (χ1v) is 11.3. The molecule has 0 spiro atoms. The molecule has 2 aliphatic rings. The average Bonchev–Trinajstić information content (AvgIpc) is 2.73. The Morgan fingerprint density at radius 3 is 2.48 bits per heavy atom. The number of nitrogens with zero attached hydrogens (tertiary/aromatic N) is 1. The minimum Gasteiger partial charge on any atom is -0.494 e. The molecule has 33 heavy (non-hydrogen) atoms. The topological polar surface area (TPSA) is 83.9 Å². The minimum atomic E-state index is -1.11. The molecule has 0 fully saturated rings. The number of allylic oxidation sites excluding steroid dienone is 2. The van der Waals surface area contributed by atoms with Crippen LogP contribution < -0.4 is 9.64 Å². The summed E-state index contributed by atoms with van der Waals surface area (Å²) in [6.45, 7) is 6.45. The summed E-state index contributed by atoms with van der Waals surface area (Å²) >= 11 is 6.43. The third kappa shape index (κ3) is 4.40. The van der Waals surface area contributed by atoms with Gasteiger partial charge in [-0.3, -0.25) is 14.5 Å². The van der Waals surface area contributed by atoms with Gasteiger partial charge < -0.3 is 9.84 Å². The van der Waals surface area contributed by atoms with Gasteiger partial charge in [0.1, 0.15) is 5.75 Å². The van der Waals surface area contributed by atoms with E-state index < -0.39 is 5.97 Å². The largest absolute Gasteiger partial charge is 0.494 e. The number of ketones is 1. The van der Waals surface area contributed by atoms with E-state index in [-0.39, 0.29) is 40.0 Å². The number of hydrogen-bond donors (Lipinski definition) is 1. The molecule has 2 aromatic carbocycles. The number of Topliss-reactive ketones (excluding diaryl/α,β-unsaturated/α-hetero) is 1. The number of carboxylic acid groups (broad SMARTS) is 1. The van der Waals surface area contributed by atoms with Crippen LogP contribution >= 0.6 is 11.6 Å². The van der Waals surface area contributed by atoms with Crippen LogP contribution in [-0.2, 0) is 9.59 Å². The van der Waals surface area contributed by atoms with Crippen molar-refractivity contribution in [1.29, 1.82) is 0 Å². The maximum atomic E-state index is 13.5. The second-order valence-corrected chi connectivity index (χ2v) is 9.67. The van der Waals surface area contributed by atoms with Crippen LogP contribution in [0.1, 0.15) is 61.9 Å². The molecule has 1 aliphatic carbocycles. The predicted octanol–water partition coefficient (Wildman–Crippen LogP) is 5.60. The zero-order valence-corrected chi connectivity index (χ0v) is 19.6. The highest BCUT2D eigenvalue weighted by molar-refractivity contribution is 6.34. The standard InChI is InChI=1S/C26H26ClNO5/c1-4-33-17-8-5-15(6-9-17)18-12-23(30)28(20-11-16(25(31)32)7-10-19(20)27)21-13-26(2,3)14-22(29)24(18)21/h5-11,18H,4,12-14H2,1-3H3,(H,31,32). The van der Waals surface area contributed by atoms with Gasteiger partial charge in [0.15, 0.2) is 5.78 Å². The molecule has 0 saturated heterocycles. The SMILES string of the molecule is CCOc1ccc(C2CC(=O)N(c3cc(C(=O)O)ccc3Cl)C3=C2C(=O)CC(C)(C)C3)cc1. The molecule has 1 atom stereocenters. The molecule has 1 unspecified atom stereocenters. The van der Waals surface area contributed by atoms with Gasteiger partial charge in [0.2, 0.25) is 5.91 Å². The second kappa shape index (κ2) is 8.67. The summed E-state index contributed by atoms with van der Waals surface area (Å²) in [5.41, 5.74) is 2.07. The summed E-state index contributed by atoms with van der Waals surface area (Å²) in [6, 6.07) is 11.8. The molecule has 6 nitrogen and oxygen atoms in total. The van der Waals surface area contributed by atoms with E-state index in [1.54, 1.807) is 0 Å². The highest BCUT2D eigenvalue weighted by Gasteiger charge is 2.44. The number of carbonyl (C=O) groups is 3. The lowest BCUT2D eigenvalue weighted by atomic mass is 9.69. The summed E-state index contributed by atoms with van der Waals surface area (Å²) in [7, 11) is 0. The fourth-order valence-electron chi connectivity index (χ4n) is 4.76. The molecule has 1 amide bonds. The molecule has 0 saturated carbocycles. The van der Waals surface area contributed by atoms with Crippen LogP contribution in [0.3, 0.4) is 0 Å². The van der Waals surface area contributed by atoms with E-state index in [9.17, 15) is 19.5 Å². The molecule has 0 radical (unpaired) electrons. The van der Waals surface area contributed by atoms with Crippen molar-refractivity contribution in [3.63, 3.8) is 0 Å². The number of hydrogen-bond acceptors (Lipinski definition) is 4. The number of rotatable bonds is 5. The fourth-order valence-corrected chi connectivity index (χ4v) is 4.96. The normalized spacial score (nSPS) is 20.0. The summed E-state index contributed by atoms with van der Waals surface area (Å²) in [4.78, 5) is 39.9. The number of amides is 1. The Morgan fingerprint density at radius 2 is 1.85 bits per heavy atom. The van der Waals surface area contributed by atoms with Gasteiger partial charge in [-0.25, -0.2) is 4.79 Å². The van der Waals surface area contributed by atoms with E-state index in [0.29, 0.717) is 36.4 Å². The monoisotopic (exact) mass is 467 g/mol. The van der Waals surface area contributed by atoms with Crippen molar-refractivity contribution in [2.45, 2.75) is 46.0 Å². The number of halogens is 1. The Hall–Kier alpha value is -3.12. The van der Waals surface area contributed by atoms with Crippen LogP contribution in [0.5, 0.6) is 5.75 Å². The summed E-state index contributed by atoms with van der Waals surface area (Å²) < 4.78 is 5.53. The molecular weight excluding hydrogens is 442 g/mol. The van der Waals surface area contributed by atoms with Gasteiger partial charge >= 0.3 is 5.97 Å². The molecule has 2 aromatic rings. The highest BCUT2D eigenvalue weighted by atomic mass is 35.5. The third-order valence-electron chi connectivity index (χ3n) is 6.17. The lowest BCUT2D eigenvalue weighted by molar-refractivity contribution is -0.121. The van der Waals surface area contributed by atoms with Crippen LogP contribution in [0.2, 0.25) is 5.02 Å². The van der Waals surface area contributed by atoms with E-state index in [2.05, 4.69) is 0 Å². The van der Waals surface area contributed by atoms with Crippen molar-refractivity contribution in [2.24, 2.45) is 5.41 Å². The number of carboxylic acids is 1. The van der Waals surface area contributed by atoms with E-state index >= 15 is 0 Å². The van der Waals surface area contributed by atoms with E-state index in [0.717, 1.165) is 11.3 Å². The molecule has 1 N–H and O–H groups in total. The van der Waals surface area contributed by atoms with Crippen LogP contribution in [-0.4, -0.2) is 29.4 Å². The average molecular weight is 468 g/mol. The van der Waals surface area contributed by atoms with Crippen molar-refractivity contribution >= 4 is 34.9 Å². The molecule has 0 aromatic heterocycles. The first kappa shape index (κ1) is 23.1. The van der Waals surface area contributed by atoms with Gasteiger partial charge in [0.05, 0.1) is 22.9 Å². The van der Waals surface area contributed by atoms with Gasteiger partial charge in [-0.2, -0.15) is 0 Å². The van der Waals surface area contributed by atoms with Gasteiger partial charge in [-0.1, -0.05) is 37.6 Å². The van der Waals surface area contributed by atoms with Crippen LogP contribution in [0.4, 0.5) is 5.69 Å².